The molecule has 0 spiro atoms. The molecule has 0 radical (unpaired) electrons. The maximum absolute atomic E-state index is 14.6. The van der Waals surface area contributed by atoms with Gasteiger partial charge < -0.3 is 10.2 Å². The summed E-state index contributed by atoms with van der Waals surface area (Å²) < 4.78 is 30.6. The lowest BCUT2D eigenvalue weighted by Gasteiger charge is -2.34. The molecule has 0 aliphatic heterocycles. The van der Waals surface area contributed by atoms with E-state index < -0.39 is 28.5 Å². The molecule has 2 amide bonds. The standard InChI is InChI=1S/C36H40BrN3O4S/c1-5-20-38-36(42)34(23-29-10-7-6-8-11-29)39(24-30-12-9-13-31(37)22-30)35(41)25-40(33-21-27(3)14-17-28(33)4)45(43,44)32-18-15-26(2)16-19-32/h6-19,21-22,34H,5,20,23-25H2,1-4H3,(H,38,42)/t34-/m0/s1. The molecule has 0 heterocycles. The van der Waals surface area contributed by atoms with Gasteiger partial charge in [0.1, 0.15) is 12.6 Å². The van der Waals surface area contributed by atoms with Crippen molar-refractivity contribution in [1.29, 1.82) is 0 Å². The van der Waals surface area contributed by atoms with E-state index in [1.807, 2.05) is 94.4 Å². The molecule has 45 heavy (non-hydrogen) atoms. The number of carbonyl (C=O) groups is 2. The Morgan fingerprint density at radius 3 is 2.16 bits per heavy atom. The number of rotatable bonds is 13. The van der Waals surface area contributed by atoms with E-state index in [1.165, 1.54) is 9.21 Å². The summed E-state index contributed by atoms with van der Waals surface area (Å²) in [5.74, 6) is -0.775. The van der Waals surface area contributed by atoms with E-state index in [4.69, 9.17) is 0 Å². The Morgan fingerprint density at radius 1 is 0.822 bits per heavy atom. The number of nitrogens with one attached hydrogen (secondary N) is 1. The van der Waals surface area contributed by atoms with Gasteiger partial charge in [-0.05, 0) is 79.8 Å². The van der Waals surface area contributed by atoms with Crippen molar-refractivity contribution in [3.63, 3.8) is 0 Å². The minimum Gasteiger partial charge on any atom is -0.354 e. The summed E-state index contributed by atoms with van der Waals surface area (Å²) in [6.45, 7) is 7.65. The summed E-state index contributed by atoms with van der Waals surface area (Å²) in [6.07, 6.45) is 1.00. The molecule has 0 aliphatic carbocycles. The molecule has 1 atom stereocenters. The molecule has 4 aromatic carbocycles. The quantitative estimate of drug-likeness (QED) is 0.169. The van der Waals surface area contributed by atoms with Crippen molar-refractivity contribution in [2.45, 2.75) is 58.0 Å². The Balaban J connectivity index is 1.83. The van der Waals surface area contributed by atoms with Crippen molar-refractivity contribution in [2.75, 3.05) is 17.4 Å². The van der Waals surface area contributed by atoms with Gasteiger partial charge in [-0.1, -0.05) is 95.1 Å². The van der Waals surface area contributed by atoms with Crippen molar-refractivity contribution < 1.29 is 18.0 Å². The van der Waals surface area contributed by atoms with E-state index in [0.717, 1.165) is 33.1 Å². The van der Waals surface area contributed by atoms with Gasteiger partial charge in [0, 0.05) is 24.0 Å². The molecule has 236 valence electrons. The lowest BCUT2D eigenvalue weighted by atomic mass is 10.0. The number of anilines is 1. The van der Waals surface area contributed by atoms with Crippen LogP contribution >= 0.6 is 15.9 Å². The van der Waals surface area contributed by atoms with Crippen LogP contribution in [0.4, 0.5) is 5.69 Å². The number of sulfonamides is 1. The van der Waals surface area contributed by atoms with Gasteiger partial charge in [0.2, 0.25) is 11.8 Å². The molecule has 7 nitrogen and oxygen atoms in total. The fraction of sp³-hybridized carbons (Fsp3) is 0.278. The summed E-state index contributed by atoms with van der Waals surface area (Å²) in [7, 11) is -4.16. The number of aryl methyl sites for hydroxylation is 3. The zero-order valence-electron chi connectivity index (χ0n) is 26.2. The van der Waals surface area contributed by atoms with Crippen molar-refractivity contribution in [3.8, 4) is 0 Å². The molecule has 0 saturated heterocycles. The lowest BCUT2D eigenvalue weighted by molar-refractivity contribution is -0.140. The first kappa shape index (κ1) is 33.9. The van der Waals surface area contributed by atoms with E-state index in [0.29, 0.717) is 17.8 Å². The molecular weight excluding hydrogens is 650 g/mol. The van der Waals surface area contributed by atoms with Crippen LogP contribution in [0, 0.1) is 20.8 Å². The highest BCUT2D eigenvalue weighted by Gasteiger charge is 2.35. The predicted molar refractivity (Wildman–Crippen MR) is 184 cm³/mol. The Kier molecular flexibility index (Phi) is 11.6. The number of carbonyl (C=O) groups excluding carboxylic acids is 2. The van der Waals surface area contributed by atoms with E-state index in [1.54, 1.807) is 30.3 Å². The zero-order chi connectivity index (χ0) is 32.6. The Morgan fingerprint density at radius 2 is 1.49 bits per heavy atom. The molecule has 0 bridgehead atoms. The van der Waals surface area contributed by atoms with E-state index in [9.17, 15) is 18.0 Å². The van der Waals surface area contributed by atoms with Gasteiger partial charge in [-0.3, -0.25) is 13.9 Å². The fourth-order valence-corrected chi connectivity index (χ4v) is 7.01. The van der Waals surface area contributed by atoms with Crippen LogP contribution in [-0.4, -0.2) is 44.3 Å². The smallest absolute Gasteiger partial charge is 0.264 e. The summed E-state index contributed by atoms with van der Waals surface area (Å²) in [4.78, 5) is 30.0. The first-order valence-electron chi connectivity index (χ1n) is 15.0. The van der Waals surface area contributed by atoms with Crippen molar-refractivity contribution in [2.24, 2.45) is 0 Å². The maximum atomic E-state index is 14.6. The third kappa shape index (κ3) is 8.83. The summed E-state index contributed by atoms with van der Waals surface area (Å²) in [6, 6.07) is 28.3. The second kappa shape index (κ2) is 15.4. The van der Waals surface area contributed by atoms with Crippen LogP contribution < -0.4 is 9.62 Å². The number of benzene rings is 4. The normalized spacial score (nSPS) is 11.9. The molecule has 0 aliphatic rings. The number of hydrogen-bond donors (Lipinski definition) is 1. The summed E-state index contributed by atoms with van der Waals surface area (Å²) in [5, 5.41) is 2.97. The molecule has 0 unspecified atom stereocenters. The number of amides is 2. The van der Waals surface area contributed by atoms with Crippen LogP contribution in [-0.2, 0) is 32.6 Å². The van der Waals surface area contributed by atoms with Crippen LogP contribution in [0.2, 0.25) is 0 Å². The van der Waals surface area contributed by atoms with Gasteiger partial charge >= 0.3 is 0 Å². The second-order valence-electron chi connectivity index (χ2n) is 11.3. The number of hydrogen-bond acceptors (Lipinski definition) is 4. The van der Waals surface area contributed by atoms with Crippen LogP contribution in [0.25, 0.3) is 0 Å². The van der Waals surface area contributed by atoms with Crippen LogP contribution in [0.15, 0.2) is 106 Å². The Labute approximate surface area is 275 Å². The minimum absolute atomic E-state index is 0.0851. The zero-order valence-corrected chi connectivity index (χ0v) is 28.6. The molecule has 1 N–H and O–H groups in total. The van der Waals surface area contributed by atoms with E-state index in [2.05, 4.69) is 21.2 Å². The first-order valence-corrected chi connectivity index (χ1v) is 17.2. The second-order valence-corrected chi connectivity index (χ2v) is 14.0. The van der Waals surface area contributed by atoms with Gasteiger partial charge in [0.05, 0.1) is 10.6 Å². The van der Waals surface area contributed by atoms with Crippen molar-refractivity contribution >= 4 is 43.5 Å². The third-order valence-corrected chi connectivity index (χ3v) is 9.85. The number of halogens is 1. The average Bonchev–Trinajstić information content (AvgIpc) is 3.02. The van der Waals surface area contributed by atoms with Crippen molar-refractivity contribution in [1.82, 2.24) is 10.2 Å². The Hall–Kier alpha value is -3.95. The molecule has 0 aromatic heterocycles. The van der Waals surface area contributed by atoms with Crippen LogP contribution in [0.1, 0.15) is 41.2 Å². The van der Waals surface area contributed by atoms with Crippen molar-refractivity contribution in [3.05, 3.63) is 129 Å². The Bertz CT molecular complexity index is 1730. The van der Waals surface area contributed by atoms with Crippen LogP contribution in [0.3, 0.4) is 0 Å². The van der Waals surface area contributed by atoms with Gasteiger partial charge in [-0.2, -0.15) is 0 Å². The summed E-state index contributed by atoms with van der Waals surface area (Å²) in [5.41, 5.74) is 4.61. The topological polar surface area (TPSA) is 86.8 Å². The highest BCUT2D eigenvalue weighted by atomic mass is 79.9. The minimum atomic E-state index is -4.16. The maximum Gasteiger partial charge on any atom is 0.264 e. The van der Waals surface area contributed by atoms with E-state index >= 15 is 0 Å². The molecule has 0 fully saturated rings. The molecule has 9 heteroatoms. The average molecular weight is 691 g/mol. The highest BCUT2D eigenvalue weighted by molar-refractivity contribution is 9.10. The molecule has 4 aromatic rings. The van der Waals surface area contributed by atoms with E-state index in [-0.39, 0.29) is 23.8 Å². The molecule has 4 rings (SSSR count). The van der Waals surface area contributed by atoms with Gasteiger partial charge in [-0.15, -0.1) is 0 Å². The SMILES string of the molecule is CCCNC(=O)[C@H](Cc1ccccc1)N(Cc1cccc(Br)c1)C(=O)CN(c1cc(C)ccc1C)S(=O)(=O)c1ccc(C)cc1. The lowest BCUT2D eigenvalue weighted by Crippen LogP contribution is -2.53. The monoisotopic (exact) mass is 689 g/mol. The molecular formula is C36H40BrN3O4S. The first-order chi connectivity index (χ1) is 21.5. The molecule has 0 saturated carbocycles. The predicted octanol–water partition coefficient (Wildman–Crippen LogP) is 6.74. The van der Waals surface area contributed by atoms with Crippen LogP contribution in [0.5, 0.6) is 0 Å². The third-order valence-electron chi connectivity index (χ3n) is 7.58. The largest absolute Gasteiger partial charge is 0.354 e. The summed E-state index contributed by atoms with van der Waals surface area (Å²) >= 11 is 3.52. The number of nitrogens with zero attached hydrogens (tertiary/aromatic N) is 2. The van der Waals surface area contributed by atoms with Gasteiger partial charge in [-0.25, -0.2) is 8.42 Å². The fourth-order valence-electron chi connectivity index (χ4n) is 5.09. The van der Waals surface area contributed by atoms with Gasteiger partial charge in [0.25, 0.3) is 10.0 Å². The highest BCUT2D eigenvalue weighted by Crippen LogP contribution is 2.29. The van der Waals surface area contributed by atoms with Gasteiger partial charge in [0.15, 0.2) is 0 Å².